The molecule has 0 saturated heterocycles. The van der Waals surface area contributed by atoms with Crippen LogP contribution >= 0.6 is 0 Å². The zero-order valence-corrected chi connectivity index (χ0v) is 14.3. The van der Waals surface area contributed by atoms with Crippen LogP contribution in [0, 0.1) is 0 Å². The minimum Gasteiger partial charge on any atom is -0.399 e. The number of hydrogen-bond acceptors (Lipinski definition) is 2. The van der Waals surface area contributed by atoms with Crippen molar-refractivity contribution in [1.29, 1.82) is 0 Å². The smallest absolute Gasteiger partial charge is 0.0320 e. The van der Waals surface area contributed by atoms with Crippen LogP contribution in [-0.4, -0.2) is 0 Å². The summed E-state index contributed by atoms with van der Waals surface area (Å²) >= 11 is 0. The van der Waals surface area contributed by atoms with Crippen LogP contribution in [0.15, 0.2) is 66.7 Å². The molecule has 1 unspecified atom stereocenters. The maximum absolute atomic E-state index is 6.11. The van der Waals surface area contributed by atoms with Gasteiger partial charge in [0, 0.05) is 11.4 Å². The Morgan fingerprint density at radius 2 is 1.42 bits per heavy atom. The molecule has 0 spiro atoms. The van der Waals surface area contributed by atoms with Gasteiger partial charge in [-0.25, -0.2) is 0 Å². The van der Waals surface area contributed by atoms with Crippen molar-refractivity contribution in [3.8, 4) is 22.3 Å². The van der Waals surface area contributed by atoms with E-state index in [0.29, 0.717) is 5.92 Å². The topological polar surface area (TPSA) is 52.0 Å². The van der Waals surface area contributed by atoms with E-state index in [9.17, 15) is 0 Å². The molecule has 0 fully saturated rings. The predicted molar refractivity (Wildman–Crippen MR) is 105 cm³/mol. The van der Waals surface area contributed by atoms with Crippen molar-refractivity contribution in [2.45, 2.75) is 26.2 Å². The summed E-state index contributed by atoms with van der Waals surface area (Å²) in [5.74, 6) is 0.502. The predicted octanol–water partition coefficient (Wildman–Crippen LogP) is 5.70. The summed E-state index contributed by atoms with van der Waals surface area (Å²) in [6.07, 6.45) is 1.11. The molecule has 1 atom stereocenters. The summed E-state index contributed by atoms with van der Waals surface area (Å²) in [5, 5.41) is 0. The number of hydrogen-bond donors (Lipinski definition) is 2. The van der Waals surface area contributed by atoms with E-state index >= 15 is 0 Å². The third-order valence-corrected chi connectivity index (χ3v) is 4.66. The van der Waals surface area contributed by atoms with Gasteiger partial charge in [0.2, 0.25) is 0 Å². The van der Waals surface area contributed by atoms with Gasteiger partial charge < -0.3 is 11.5 Å². The number of rotatable bonds is 4. The van der Waals surface area contributed by atoms with Crippen molar-refractivity contribution in [1.82, 2.24) is 0 Å². The maximum Gasteiger partial charge on any atom is 0.0320 e. The van der Waals surface area contributed by atoms with Crippen LogP contribution in [-0.2, 0) is 0 Å². The summed E-state index contributed by atoms with van der Waals surface area (Å²) in [5.41, 5.74) is 19.6. The number of nitrogens with two attached hydrogens (primary N) is 2. The van der Waals surface area contributed by atoms with Crippen LogP contribution in [0.4, 0.5) is 11.4 Å². The summed E-state index contributed by atoms with van der Waals surface area (Å²) in [4.78, 5) is 0. The molecule has 0 radical (unpaired) electrons. The second-order valence-corrected chi connectivity index (χ2v) is 6.32. The van der Waals surface area contributed by atoms with Gasteiger partial charge in [-0.1, -0.05) is 56.3 Å². The van der Waals surface area contributed by atoms with Gasteiger partial charge in [0.05, 0.1) is 0 Å². The van der Waals surface area contributed by atoms with Gasteiger partial charge in [-0.15, -0.1) is 0 Å². The monoisotopic (exact) mass is 316 g/mol. The molecule has 4 N–H and O–H groups in total. The van der Waals surface area contributed by atoms with E-state index < -0.39 is 0 Å². The first kappa shape index (κ1) is 16.1. The van der Waals surface area contributed by atoms with E-state index in [0.717, 1.165) is 23.4 Å². The number of nitrogen functional groups attached to an aromatic ring is 2. The Kier molecular flexibility index (Phi) is 4.57. The van der Waals surface area contributed by atoms with Crippen LogP contribution < -0.4 is 11.5 Å². The Morgan fingerprint density at radius 3 is 2.12 bits per heavy atom. The lowest BCUT2D eigenvalue weighted by Crippen LogP contribution is -1.97. The highest BCUT2D eigenvalue weighted by Gasteiger charge is 2.14. The second-order valence-electron chi connectivity index (χ2n) is 6.32. The Labute approximate surface area is 144 Å². The summed E-state index contributed by atoms with van der Waals surface area (Å²) < 4.78 is 0. The molecule has 0 aromatic heterocycles. The largest absolute Gasteiger partial charge is 0.399 e. The first-order valence-electron chi connectivity index (χ1n) is 8.45. The molecule has 0 aliphatic rings. The third-order valence-electron chi connectivity index (χ3n) is 4.66. The molecule has 2 nitrogen and oxygen atoms in total. The minimum absolute atomic E-state index is 0.502. The van der Waals surface area contributed by atoms with E-state index in [4.69, 9.17) is 11.5 Å². The summed E-state index contributed by atoms with van der Waals surface area (Å²) in [6, 6.07) is 22.8. The van der Waals surface area contributed by atoms with Gasteiger partial charge in [-0.2, -0.15) is 0 Å². The van der Waals surface area contributed by atoms with Crippen molar-refractivity contribution in [2.24, 2.45) is 0 Å². The highest BCUT2D eigenvalue weighted by molar-refractivity contribution is 5.87. The zero-order chi connectivity index (χ0) is 17.1. The first-order chi connectivity index (χ1) is 11.6. The molecule has 0 bridgehead atoms. The van der Waals surface area contributed by atoms with Crippen LogP contribution in [0.1, 0.15) is 31.7 Å². The fourth-order valence-electron chi connectivity index (χ4n) is 3.09. The maximum atomic E-state index is 6.11. The average molecular weight is 316 g/mol. The van der Waals surface area contributed by atoms with Crippen molar-refractivity contribution >= 4 is 11.4 Å². The van der Waals surface area contributed by atoms with Gasteiger partial charge >= 0.3 is 0 Å². The lowest BCUT2D eigenvalue weighted by Gasteiger charge is -2.18. The van der Waals surface area contributed by atoms with Gasteiger partial charge in [0.15, 0.2) is 0 Å². The van der Waals surface area contributed by atoms with E-state index in [-0.39, 0.29) is 0 Å². The molecule has 3 aromatic rings. The number of benzene rings is 3. The van der Waals surface area contributed by atoms with Gasteiger partial charge in [0.1, 0.15) is 0 Å². The average Bonchev–Trinajstić information content (AvgIpc) is 2.62. The third kappa shape index (κ3) is 3.13. The quantitative estimate of drug-likeness (QED) is 0.607. The fraction of sp³-hybridized carbons (Fsp3) is 0.182. The molecule has 24 heavy (non-hydrogen) atoms. The molecular formula is C22H24N2. The Bertz CT molecular complexity index is 835. The van der Waals surface area contributed by atoms with Crippen molar-refractivity contribution in [2.75, 3.05) is 11.5 Å². The molecule has 0 aliphatic carbocycles. The Balaban J connectivity index is 2.22. The Hall–Kier alpha value is -2.74. The van der Waals surface area contributed by atoms with Crippen LogP contribution in [0.3, 0.4) is 0 Å². The molecule has 3 rings (SSSR count). The van der Waals surface area contributed by atoms with E-state index in [1.807, 2.05) is 18.2 Å². The lowest BCUT2D eigenvalue weighted by molar-refractivity contribution is 0.735. The molecule has 3 aromatic carbocycles. The highest BCUT2D eigenvalue weighted by Crippen LogP contribution is 2.38. The van der Waals surface area contributed by atoms with Crippen LogP contribution in [0.5, 0.6) is 0 Å². The number of anilines is 2. The van der Waals surface area contributed by atoms with Gasteiger partial charge in [-0.3, -0.25) is 0 Å². The van der Waals surface area contributed by atoms with E-state index in [2.05, 4.69) is 62.4 Å². The molecule has 0 amide bonds. The Morgan fingerprint density at radius 1 is 0.750 bits per heavy atom. The second kappa shape index (κ2) is 6.79. The minimum atomic E-state index is 0.502. The standard InChI is InChI=1S/C22H24N2/c1-3-15(2)19-6-4-5-7-21(19)22-14-18(24)12-13-20(22)16-8-10-17(23)11-9-16/h4-15H,3,23-24H2,1-2H3. The molecule has 2 heteroatoms. The highest BCUT2D eigenvalue weighted by atomic mass is 14.5. The molecular weight excluding hydrogens is 292 g/mol. The van der Waals surface area contributed by atoms with Crippen molar-refractivity contribution < 1.29 is 0 Å². The van der Waals surface area contributed by atoms with Gasteiger partial charge in [0.25, 0.3) is 0 Å². The van der Waals surface area contributed by atoms with E-state index in [1.54, 1.807) is 0 Å². The molecule has 0 saturated carbocycles. The lowest BCUT2D eigenvalue weighted by atomic mass is 9.86. The van der Waals surface area contributed by atoms with Crippen molar-refractivity contribution in [3.05, 3.63) is 72.3 Å². The fourth-order valence-corrected chi connectivity index (χ4v) is 3.09. The SMILES string of the molecule is CCC(C)c1ccccc1-c1cc(N)ccc1-c1ccc(N)cc1. The van der Waals surface area contributed by atoms with Crippen molar-refractivity contribution in [3.63, 3.8) is 0 Å². The van der Waals surface area contributed by atoms with Crippen LogP contribution in [0.25, 0.3) is 22.3 Å². The molecule has 122 valence electrons. The molecule has 0 heterocycles. The summed E-state index contributed by atoms with van der Waals surface area (Å²) in [6.45, 7) is 4.50. The van der Waals surface area contributed by atoms with Crippen LogP contribution in [0.2, 0.25) is 0 Å². The normalized spacial score (nSPS) is 12.1. The van der Waals surface area contributed by atoms with Gasteiger partial charge in [-0.05, 0) is 64.4 Å². The van der Waals surface area contributed by atoms with E-state index in [1.165, 1.54) is 22.3 Å². The molecule has 0 aliphatic heterocycles. The first-order valence-corrected chi connectivity index (χ1v) is 8.45. The zero-order valence-electron chi connectivity index (χ0n) is 14.3. The summed E-state index contributed by atoms with van der Waals surface area (Å²) in [7, 11) is 0.